The normalized spacial score (nSPS) is 18.7. The van der Waals surface area contributed by atoms with E-state index in [1.54, 1.807) is 6.07 Å². The summed E-state index contributed by atoms with van der Waals surface area (Å²) in [5.41, 5.74) is 0.115. The van der Waals surface area contributed by atoms with Gasteiger partial charge in [-0.3, -0.25) is 0 Å². The zero-order valence-corrected chi connectivity index (χ0v) is 11.0. The van der Waals surface area contributed by atoms with Crippen LogP contribution in [0, 0.1) is 0 Å². The van der Waals surface area contributed by atoms with Crippen LogP contribution in [-0.2, 0) is 12.7 Å². The molecule has 0 radical (unpaired) electrons. The minimum Gasteiger partial charge on any atom is -0.310 e. The summed E-state index contributed by atoms with van der Waals surface area (Å²) < 4.78 is 37.7. The maximum atomic E-state index is 12.6. The molecule has 0 unspecified atom stereocenters. The van der Waals surface area contributed by atoms with Gasteiger partial charge in [-0.1, -0.05) is 18.2 Å². The molecule has 2 nitrogen and oxygen atoms in total. The summed E-state index contributed by atoms with van der Waals surface area (Å²) in [4.78, 5) is 2.27. The molecule has 0 bridgehead atoms. The van der Waals surface area contributed by atoms with Gasteiger partial charge in [0.05, 0.1) is 5.56 Å². The van der Waals surface area contributed by atoms with Crippen LogP contribution < -0.4 is 5.32 Å². The van der Waals surface area contributed by atoms with Crippen molar-refractivity contribution in [2.24, 2.45) is 0 Å². The van der Waals surface area contributed by atoms with Crippen molar-refractivity contribution >= 4 is 0 Å². The molecule has 0 saturated carbocycles. The molecule has 1 aliphatic rings. The van der Waals surface area contributed by atoms with Gasteiger partial charge in [0.2, 0.25) is 0 Å². The summed E-state index contributed by atoms with van der Waals surface area (Å²) in [5.74, 6) is 0. The number of likely N-dealkylation sites (tertiary alicyclic amines) is 1. The van der Waals surface area contributed by atoms with Crippen LogP contribution in [-0.4, -0.2) is 31.1 Å². The maximum Gasteiger partial charge on any atom is 0.416 e. The number of piperidine rings is 1. The number of alkyl halides is 3. The quantitative estimate of drug-likeness (QED) is 0.910. The maximum absolute atomic E-state index is 12.6. The highest BCUT2D eigenvalue weighted by atomic mass is 19.4. The van der Waals surface area contributed by atoms with Crippen LogP contribution in [0.25, 0.3) is 0 Å². The van der Waals surface area contributed by atoms with Crippen molar-refractivity contribution in [3.63, 3.8) is 0 Å². The Bertz CT molecular complexity index is 409. The largest absolute Gasteiger partial charge is 0.416 e. The molecule has 1 aromatic carbocycles. The van der Waals surface area contributed by atoms with Crippen LogP contribution in [0.4, 0.5) is 13.2 Å². The molecule has 0 aromatic heterocycles. The fourth-order valence-electron chi connectivity index (χ4n) is 2.33. The second-order valence-corrected chi connectivity index (χ2v) is 5.16. The van der Waals surface area contributed by atoms with Crippen molar-refractivity contribution in [2.75, 3.05) is 20.1 Å². The van der Waals surface area contributed by atoms with Gasteiger partial charge in [-0.15, -0.1) is 0 Å². The Labute approximate surface area is 111 Å². The van der Waals surface area contributed by atoms with Gasteiger partial charge in [-0.2, -0.15) is 13.2 Å². The summed E-state index contributed by atoms with van der Waals surface area (Å²) in [5, 5.41) is 3.34. The number of hydrogen-bond acceptors (Lipinski definition) is 2. The van der Waals surface area contributed by atoms with Crippen LogP contribution in [0.15, 0.2) is 24.3 Å². The summed E-state index contributed by atoms with van der Waals surface area (Å²) in [6, 6.07) is 5.94. The average molecular weight is 272 g/mol. The van der Waals surface area contributed by atoms with Gasteiger partial charge in [0, 0.05) is 12.6 Å². The molecule has 0 spiro atoms. The number of halogens is 3. The van der Waals surface area contributed by atoms with Crippen LogP contribution in [0.1, 0.15) is 24.0 Å². The predicted octanol–water partition coefficient (Wildman–Crippen LogP) is 2.89. The number of hydrogen-bond donors (Lipinski definition) is 1. The summed E-state index contributed by atoms with van der Waals surface area (Å²) in [6.45, 7) is 2.58. The first-order chi connectivity index (χ1) is 8.95. The van der Waals surface area contributed by atoms with E-state index in [2.05, 4.69) is 17.3 Å². The minimum atomic E-state index is -4.26. The van der Waals surface area contributed by atoms with Crippen molar-refractivity contribution in [3.05, 3.63) is 35.4 Å². The second-order valence-electron chi connectivity index (χ2n) is 5.16. The predicted molar refractivity (Wildman–Crippen MR) is 68.8 cm³/mol. The van der Waals surface area contributed by atoms with E-state index in [0.29, 0.717) is 18.2 Å². The Hall–Kier alpha value is -1.07. The third kappa shape index (κ3) is 4.21. The molecular weight excluding hydrogens is 253 g/mol. The van der Waals surface area contributed by atoms with Crippen molar-refractivity contribution < 1.29 is 13.2 Å². The number of nitrogens with one attached hydrogen (secondary N) is 1. The third-order valence-electron chi connectivity index (χ3n) is 3.57. The van der Waals surface area contributed by atoms with Gasteiger partial charge in [0.15, 0.2) is 0 Å². The second kappa shape index (κ2) is 5.92. The Morgan fingerprint density at radius 3 is 2.58 bits per heavy atom. The standard InChI is InChI=1S/C14H19F3N2/c1-19-7-5-13(6-8-19)18-10-11-3-2-4-12(9-11)14(15,16)17/h2-4,9,13,18H,5-8,10H2,1H3. The topological polar surface area (TPSA) is 15.3 Å². The molecule has 0 amide bonds. The summed E-state index contributed by atoms with van der Waals surface area (Å²) in [6.07, 6.45) is -2.16. The molecule has 106 valence electrons. The fourth-order valence-corrected chi connectivity index (χ4v) is 2.33. The Morgan fingerprint density at radius 2 is 1.95 bits per heavy atom. The summed E-state index contributed by atoms with van der Waals surface area (Å²) in [7, 11) is 2.09. The lowest BCUT2D eigenvalue weighted by Crippen LogP contribution is -2.40. The molecule has 1 aromatic rings. The van der Waals surface area contributed by atoms with Crippen LogP contribution >= 0.6 is 0 Å². The van der Waals surface area contributed by atoms with E-state index in [4.69, 9.17) is 0 Å². The Kier molecular flexibility index (Phi) is 4.47. The van der Waals surface area contributed by atoms with E-state index in [1.165, 1.54) is 12.1 Å². The molecule has 1 aliphatic heterocycles. The van der Waals surface area contributed by atoms with E-state index in [9.17, 15) is 13.2 Å². The van der Waals surface area contributed by atoms with Gasteiger partial charge in [-0.25, -0.2) is 0 Å². The summed E-state index contributed by atoms with van der Waals surface area (Å²) >= 11 is 0. The number of nitrogens with zero attached hydrogens (tertiary/aromatic N) is 1. The highest BCUT2D eigenvalue weighted by Gasteiger charge is 2.30. The zero-order valence-electron chi connectivity index (χ0n) is 11.0. The minimum absolute atomic E-state index is 0.408. The highest BCUT2D eigenvalue weighted by molar-refractivity contribution is 5.25. The zero-order chi connectivity index (χ0) is 13.9. The molecule has 1 fully saturated rings. The molecule has 19 heavy (non-hydrogen) atoms. The lowest BCUT2D eigenvalue weighted by Gasteiger charge is -2.29. The highest BCUT2D eigenvalue weighted by Crippen LogP contribution is 2.29. The first-order valence-corrected chi connectivity index (χ1v) is 6.53. The van der Waals surface area contributed by atoms with Crippen molar-refractivity contribution in [3.8, 4) is 0 Å². The Morgan fingerprint density at radius 1 is 1.26 bits per heavy atom. The lowest BCUT2D eigenvalue weighted by atomic mass is 10.0. The molecular formula is C14H19F3N2. The first-order valence-electron chi connectivity index (χ1n) is 6.53. The van der Waals surface area contributed by atoms with Gasteiger partial charge < -0.3 is 10.2 Å². The van der Waals surface area contributed by atoms with Crippen LogP contribution in [0.2, 0.25) is 0 Å². The van der Waals surface area contributed by atoms with Gasteiger partial charge in [0.1, 0.15) is 0 Å². The van der Waals surface area contributed by atoms with E-state index >= 15 is 0 Å². The number of rotatable bonds is 3. The van der Waals surface area contributed by atoms with E-state index < -0.39 is 11.7 Å². The first kappa shape index (κ1) is 14.3. The molecule has 5 heteroatoms. The van der Waals surface area contributed by atoms with E-state index in [1.807, 2.05) is 0 Å². The molecule has 2 rings (SSSR count). The lowest BCUT2D eigenvalue weighted by molar-refractivity contribution is -0.137. The monoisotopic (exact) mass is 272 g/mol. The molecule has 1 heterocycles. The van der Waals surface area contributed by atoms with Crippen LogP contribution in [0.5, 0.6) is 0 Å². The van der Waals surface area contributed by atoms with E-state index in [-0.39, 0.29) is 0 Å². The Balaban J connectivity index is 1.89. The van der Waals surface area contributed by atoms with Crippen molar-refractivity contribution in [2.45, 2.75) is 31.6 Å². The van der Waals surface area contributed by atoms with Crippen molar-refractivity contribution in [1.29, 1.82) is 0 Å². The van der Waals surface area contributed by atoms with Crippen LogP contribution in [0.3, 0.4) is 0 Å². The van der Waals surface area contributed by atoms with Gasteiger partial charge >= 0.3 is 6.18 Å². The smallest absolute Gasteiger partial charge is 0.310 e. The van der Waals surface area contributed by atoms with Gasteiger partial charge in [-0.05, 0) is 44.6 Å². The van der Waals surface area contributed by atoms with Gasteiger partial charge in [0.25, 0.3) is 0 Å². The average Bonchev–Trinajstić information content (AvgIpc) is 2.37. The molecule has 0 atom stereocenters. The van der Waals surface area contributed by atoms with Crippen molar-refractivity contribution in [1.82, 2.24) is 10.2 Å². The third-order valence-corrected chi connectivity index (χ3v) is 3.57. The fraction of sp³-hybridized carbons (Fsp3) is 0.571. The number of benzene rings is 1. The SMILES string of the molecule is CN1CCC(NCc2cccc(C(F)(F)F)c2)CC1. The molecule has 1 N–H and O–H groups in total. The molecule has 1 saturated heterocycles. The molecule has 0 aliphatic carbocycles. The van der Waals surface area contributed by atoms with E-state index in [0.717, 1.165) is 32.0 Å².